The molecule has 2 fully saturated rings. The summed E-state index contributed by atoms with van der Waals surface area (Å²) in [6.45, 7) is 2.04. The molecule has 2 saturated heterocycles. The molecule has 2 rings (SSSR count). The summed E-state index contributed by atoms with van der Waals surface area (Å²) in [6.07, 6.45) is 2.32. The van der Waals surface area contributed by atoms with Gasteiger partial charge in [0.2, 0.25) is 0 Å². The van der Waals surface area contributed by atoms with Gasteiger partial charge in [0.25, 0.3) is 0 Å². The third-order valence-electron chi connectivity index (χ3n) is 3.58. The molecule has 2 aliphatic heterocycles. The van der Waals surface area contributed by atoms with E-state index < -0.39 is 0 Å². The van der Waals surface area contributed by atoms with E-state index >= 15 is 0 Å². The Morgan fingerprint density at radius 3 is 2.41 bits per heavy atom. The maximum Gasteiger partial charge on any atom is 0.306 e. The van der Waals surface area contributed by atoms with E-state index in [1.165, 1.54) is 7.11 Å². The summed E-state index contributed by atoms with van der Waals surface area (Å²) in [5.74, 6) is -0.474. The van der Waals surface area contributed by atoms with E-state index in [0.29, 0.717) is 0 Å². The van der Waals surface area contributed by atoms with E-state index in [1.54, 1.807) is 0 Å². The molecule has 17 heavy (non-hydrogen) atoms. The predicted octanol–water partition coefficient (Wildman–Crippen LogP) is 1.05. The number of ether oxygens (including phenoxy) is 3. The maximum absolute atomic E-state index is 11.6. The number of methoxy groups -OCH3 is 1. The fourth-order valence-electron chi connectivity index (χ4n) is 2.57. The molecular weight excluding hydrogens is 224 g/mol. The van der Waals surface area contributed by atoms with Crippen molar-refractivity contribution in [3.8, 4) is 0 Å². The van der Waals surface area contributed by atoms with E-state index in [4.69, 9.17) is 9.47 Å². The van der Waals surface area contributed by atoms with Crippen molar-refractivity contribution in [2.24, 2.45) is 5.92 Å². The predicted molar refractivity (Wildman–Crippen MR) is 58.2 cm³/mol. The second-order valence-electron chi connectivity index (χ2n) is 4.68. The first-order valence-electron chi connectivity index (χ1n) is 6.03. The molecule has 4 atom stereocenters. The number of hydrogen-bond acceptors (Lipinski definition) is 5. The Kier molecular flexibility index (Phi) is 3.66. The zero-order valence-corrected chi connectivity index (χ0v) is 10.2. The summed E-state index contributed by atoms with van der Waals surface area (Å²) in [5, 5.41) is 0. The summed E-state index contributed by atoms with van der Waals surface area (Å²) in [4.78, 5) is 22.4. The van der Waals surface area contributed by atoms with Crippen LogP contribution in [0.2, 0.25) is 0 Å². The standard InChI is InChI=1S/C12H18O5/c1-7-8-3-4-9(16-8)12(7)17-11(14)6-5-10(13)15-2/h7-9,12H,3-6H2,1-2H3. The van der Waals surface area contributed by atoms with Crippen LogP contribution in [0, 0.1) is 5.92 Å². The molecule has 0 saturated carbocycles. The average molecular weight is 242 g/mol. The van der Waals surface area contributed by atoms with Crippen molar-refractivity contribution < 1.29 is 23.8 Å². The van der Waals surface area contributed by atoms with Crippen molar-refractivity contribution >= 4 is 11.9 Å². The Morgan fingerprint density at radius 1 is 1.18 bits per heavy atom. The van der Waals surface area contributed by atoms with Crippen molar-refractivity contribution in [2.45, 2.75) is 50.9 Å². The van der Waals surface area contributed by atoms with Gasteiger partial charge >= 0.3 is 11.9 Å². The second kappa shape index (κ2) is 5.04. The minimum absolute atomic E-state index is 0.0528. The topological polar surface area (TPSA) is 61.8 Å². The summed E-state index contributed by atoms with van der Waals surface area (Å²) in [7, 11) is 1.31. The molecule has 0 N–H and O–H groups in total. The highest BCUT2D eigenvalue weighted by atomic mass is 16.6. The third kappa shape index (κ3) is 2.60. The molecular formula is C12H18O5. The van der Waals surface area contributed by atoms with E-state index in [-0.39, 0.29) is 49.0 Å². The molecule has 0 aromatic carbocycles. The van der Waals surface area contributed by atoms with E-state index in [2.05, 4.69) is 4.74 Å². The number of carbonyl (C=O) groups is 2. The molecule has 0 aromatic rings. The summed E-state index contributed by atoms with van der Waals surface area (Å²) >= 11 is 0. The van der Waals surface area contributed by atoms with Gasteiger partial charge in [-0.05, 0) is 12.8 Å². The van der Waals surface area contributed by atoms with Gasteiger partial charge in [-0.1, -0.05) is 6.92 Å². The second-order valence-corrected chi connectivity index (χ2v) is 4.68. The molecule has 0 aliphatic carbocycles. The van der Waals surface area contributed by atoms with Gasteiger partial charge in [-0.2, -0.15) is 0 Å². The van der Waals surface area contributed by atoms with Gasteiger partial charge in [0.1, 0.15) is 6.10 Å². The zero-order valence-electron chi connectivity index (χ0n) is 10.2. The molecule has 2 bridgehead atoms. The van der Waals surface area contributed by atoms with Crippen LogP contribution in [0.25, 0.3) is 0 Å². The number of fused-ring (bicyclic) bond motifs is 2. The first-order chi connectivity index (χ1) is 8.11. The van der Waals surface area contributed by atoms with E-state index in [0.717, 1.165) is 12.8 Å². The highest BCUT2D eigenvalue weighted by Gasteiger charge is 2.48. The van der Waals surface area contributed by atoms with Crippen LogP contribution in [-0.4, -0.2) is 37.4 Å². The van der Waals surface area contributed by atoms with Crippen LogP contribution >= 0.6 is 0 Å². The Morgan fingerprint density at radius 2 is 1.82 bits per heavy atom. The first-order valence-corrected chi connectivity index (χ1v) is 6.03. The fraction of sp³-hybridized carbons (Fsp3) is 0.833. The molecule has 0 amide bonds. The molecule has 0 spiro atoms. The van der Waals surface area contributed by atoms with Gasteiger partial charge in [0, 0.05) is 5.92 Å². The lowest BCUT2D eigenvalue weighted by Gasteiger charge is -2.24. The molecule has 5 nitrogen and oxygen atoms in total. The lowest BCUT2D eigenvalue weighted by molar-refractivity contribution is -0.156. The lowest BCUT2D eigenvalue weighted by Crippen LogP contribution is -2.34. The van der Waals surface area contributed by atoms with Crippen LogP contribution < -0.4 is 0 Å². The van der Waals surface area contributed by atoms with Crippen LogP contribution in [0.5, 0.6) is 0 Å². The first kappa shape index (κ1) is 12.4. The van der Waals surface area contributed by atoms with E-state index in [9.17, 15) is 9.59 Å². The Labute approximate surface area is 100 Å². The number of carbonyl (C=O) groups excluding carboxylic acids is 2. The Bertz CT molecular complexity index is 312. The number of hydrogen-bond donors (Lipinski definition) is 0. The van der Waals surface area contributed by atoms with Crippen molar-refractivity contribution in [3.63, 3.8) is 0 Å². The lowest BCUT2D eigenvalue weighted by atomic mass is 9.88. The Hall–Kier alpha value is -1.10. The van der Waals surface area contributed by atoms with Crippen molar-refractivity contribution in [2.75, 3.05) is 7.11 Å². The highest BCUT2D eigenvalue weighted by Crippen LogP contribution is 2.40. The average Bonchev–Trinajstić information content (AvgIpc) is 2.90. The summed E-state index contributed by atoms with van der Waals surface area (Å²) < 4.78 is 15.5. The smallest absolute Gasteiger partial charge is 0.306 e. The Balaban J connectivity index is 1.77. The highest BCUT2D eigenvalue weighted by molar-refractivity contribution is 5.77. The maximum atomic E-state index is 11.6. The van der Waals surface area contributed by atoms with Gasteiger partial charge in [-0.15, -0.1) is 0 Å². The number of rotatable bonds is 4. The quantitative estimate of drug-likeness (QED) is 0.689. The van der Waals surface area contributed by atoms with Gasteiger partial charge in [-0.25, -0.2) is 0 Å². The molecule has 2 heterocycles. The van der Waals surface area contributed by atoms with Crippen LogP contribution in [0.15, 0.2) is 0 Å². The molecule has 96 valence electrons. The third-order valence-corrected chi connectivity index (χ3v) is 3.58. The van der Waals surface area contributed by atoms with Crippen molar-refractivity contribution in [3.05, 3.63) is 0 Å². The molecule has 0 aromatic heterocycles. The normalized spacial score (nSPS) is 34.7. The zero-order chi connectivity index (χ0) is 12.4. The molecule has 0 radical (unpaired) electrons. The minimum Gasteiger partial charge on any atom is -0.469 e. The summed E-state index contributed by atoms with van der Waals surface area (Å²) in [5.41, 5.74) is 0. The molecule has 2 aliphatic rings. The number of esters is 2. The summed E-state index contributed by atoms with van der Waals surface area (Å²) in [6, 6.07) is 0. The fourth-order valence-corrected chi connectivity index (χ4v) is 2.57. The van der Waals surface area contributed by atoms with Crippen LogP contribution in [0.4, 0.5) is 0 Å². The van der Waals surface area contributed by atoms with Gasteiger partial charge in [0.05, 0.1) is 32.2 Å². The van der Waals surface area contributed by atoms with Crippen molar-refractivity contribution in [1.82, 2.24) is 0 Å². The van der Waals surface area contributed by atoms with Gasteiger partial charge < -0.3 is 14.2 Å². The van der Waals surface area contributed by atoms with Crippen LogP contribution in [0.3, 0.4) is 0 Å². The van der Waals surface area contributed by atoms with E-state index in [1.807, 2.05) is 6.92 Å². The largest absolute Gasteiger partial charge is 0.469 e. The van der Waals surface area contributed by atoms with Crippen LogP contribution in [-0.2, 0) is 23.8 Å². The monoisotopic (exact) mass is 242 g/mol. The minimum atomic E-state index is -0.390. The van der Waals surface area contributed by atoms with Crippen molar-refractivity contribution in [1.29, 1.82) is 0 Å². The van der Waals surface area contributed by atoms with Gasteiger partial charge in [0.15, 0.2) is 0 Å². The SMILES string of the molecule is COC(=O)CCC(=O)OC1C2CCC(O2)C1C. The van der Waals surface area contributed by atoms with Gasteiger partial charge in [-0.3, -0.25) is 9.59 Å². The van der Waals surface area contributed by atoms with Crippen LogP contribution in [0.1, 0.15) is 32.6 Å². The molecule has 4 unspecified atom stereocenters. The molecule has 5 heteroatoms.